The van der Waals surface area contributed by atoms with Gasteiger partial charge >= 0.3 is 0 Å². The van der Waals surface area contributed by atoms with E-state index in [1.807, 2.05) is 13.8 Å². The van der Waals surface area contributed by atoms with E-state index in [1.165, 1.54) is 12.1 Å². The third-order valence-corrected chi connectivity index (χ3v) is 2.94. The Hall–Kier alpha value is -2.36. The monoisotopic (exact) mass is 258 g/mol. The van der Waals surface area contributed by atoms with Crippen molar-refractivity contribution in [1.82, 2.24) is 0 Å². The number of nitrogens with one attached hydrogen (secondary N) is 1. The zero-order valence-corrected chi connectivity index (χ0v) is 10.8. The van der Waals surface area contributed by atoms with Crippen LogP contribution in [0.5, 0.6) is 0 Å². The van der Waals surface area contributed by atoms with Crippen molar-refractivity contribution in [3.8, 4) is 0 Å². The van der Waals surface area contributed by atoms with Crippen molar-refractivity contribution in [2.45, 2.75) is 13.8 Å². The molecule has 0 spiro atoms. The lowest BCUT2D eigenvalue weighted by molar-refractivity contribution is 0.102. The quantitative estimate of drug-likeness (QED) is 0.812. The Morgan fingerprint density at radius 2 is 1.84 bits per heavy atom. The summed E-state index contributed by atoms with van der Waals surface area (Å²) in [5, 5.41) is 2.71. The van der Waals surface area contributed by atoms with Gasteiger partial charge in [0.05, 0.1) is 0 Å². The van der Waals surface area contributed by atoms with E-state index in [4.69, 9.17) is 5.73 Å². The van der Waals surface area contributed by atoms with Gasteiger partial charge in [-0.15, -0.1) is 0 Å². The summed E-state index contributed by atoms with van der Waals surface area (Å²) >= 11 is 0. The minimum Gasteiger partial charge on any atom is -0.399 e. The zero-order valence-electron chi connectivity index (χ0n) is 10.8. The number of hydrogen-bond acceptors (Lipinski definition) is 2. The van der Waals surface area contributed by atoms with Gasteiger partial charge in [0, 0.05) is 16.9 Å². The lowest BCUT2D eigenvalue weighted by Gasteiger charge is -2.10. The van der Waals surface area contributed by atoms with Crippen LogP contribution < -0.4 is 11.1 Å². The van der Waals surface area contributed by atoms with Gasteiger partial charge in [-0.25, -0.2) is 4.39 Å². The Labute approximate surface area is 111 Å². The normalized spacial score (nSPS) is 10.3. The molecule has 98 valence electrons. The molecule has 3 nitrogen and oxygen atoms in total. The van der Waals surface area contributed by atoms with Gasteiger partial charge in [0.15, 0.2) is 0 Å². The topological polar surface area (TPSA) is 55.1 Å². The second-order valence-corrected chi connectivity index (χ2v) is 4.49. The molecule has 1 amide bonds. The fourth-order valence-corrected chi connectivity index (χ4v) is 1.86. The first-order valence-corrected chi connectivity index (χ1v) is 5.91. The van der Waals surface area contributed by atoms with Crippen molar-refractivity contribution in [2.75, 3.05) is 11.1 Å². The van der Waals surface area contributed by atoms with Gasteiger partial charge < -0.3 is 11.1 Å². The molecule has 4 heteroatoms. The Balaban J connectivity index is 2.28. The largest absolute Gasteiger partial charge is 0.399 e. The molecular weight excluding hydrogens is 243 g/mol. The molecule has 0 atom stereocenters. The van der Waals surface area contributed by atoms with Gasteiger partial charge in [-0.1, -0.05) is 6.07 Å². The molecule has 0 aliphatic rings. The third-order valence-electron chi connectivity index (χ3n) is 2.94. The smallest absolute Gasteiger partial charge is 0.255 e. The number of nitrogens with two attached hydrogens (primary N) is 1. The number of anilines is 2. The minimum atomic E-state index is -0.380. The van der Waals surface area contributed by atoms with Crippen molar-refractivity contribution in [3.63, 3.8) is 0 Å². The maximum atomic E-state index is 13.2. The van der Waals surface area contributed by atoms with E-state index < -0.39 is 0 Å². The van der Waals surface area contributed by atoms with Gasteiger partial charge in [0.1, 0.15) is 5.82 Å². The molecule has 0 unspecified atom stereocenters. The lowest BCUT2D eigenvalue weighted by atomic mass is 10.1. The number of amides is 1. The van der Waals surface area contributed by atoms with Gasteiger partial charge in [-0.05, 0) is 55.3 Å². The van der Waals surface area contributed by atoms with Crippen LogP contribution in [0, 0.1) is 19.7 Å². The second kappa shape index (κ2) is 5.10. The average molecular weight is 258 g/mol. The zero-order chi connectivity index (χ0) is 14.0. The molecule has 3 N–H and O–H groups in total. The van der Waals surface area contributed by atoms with Crippen molar-refractivity contribution in [2.24, 2.45) is 0 Å². The van der Waals surface area contributed by atoms with Gasteiger partial charge in [0.2, 0.25) is 0 Å². The predicted octanol–water partition coefficient (Wildman–Crippen LogP) is 3.28. The molecule has 0 aliphatic carbocycles. The number of nitrogen functional groups attached to an aromatic ring is 1. The van der Waals surface area contributed by atoms with Crippen LogP contribution in [0.25, 0.3) is 0 Å². The molecule has 19 heavy (non-hydrogen) atoms. The van der Waals surface area contributed by atoms with Crippen molar-refractivity contribution < 1.29 is 9.18 Å². The molecule has 2 rings (SSSR count). The molecule has 0 heterocycles. The SMILES string of the molecule is Cc1ccc(F)cc1NC(=O)c1ccc(N)cc1C. The summed E-state index contributed by atoms with van der Waals surface area (Å²) in [4.78, 5) is 12.1. The van der Waals surface area contributed by atoms with Crippen LogP contribution in [0.2, 0.25) is 0 Å². The molecule has 0 radical (unpaired) electrons. The molecule has 2 aromatic rings. The van der Waals surface area contributed by atoms with Crippen LogP contribution in [0.15, 0.2) is 36.4 Å². The number of carbonyl (C=O) groups excluding carboxylic acids is 1. The summed E-state index contributed by atoms with van der Waals surface area (Å²) < 4.78 is 13.2. The van der Waals surface area contributed by atoms with Crippen LogP contribution in [-0.2, 0) is 0 Å². The van der Waals surface area contributed by atoms with Crippen LogP contribution in [0.1, 0.15) is 21.5 Å². The fourth-order valence-electron chi connectivity index (χ4n) is 1.86. The van der Waals surface area contributed by atoms with Crippen LogP contribution in [0.4, 0.5) is 15.8 Å². The molecule has 0 saturated carbocycles. The lowest BCUT2D eigenvalue weighted by Crippen LogP contribution is -2.14. The molecule has 0 aromatic heterocycles. The number of carbonyl (C=O) groups is 1. The summed E-state index contributed by atoms with van der Waals surface area (Å²) in [5.74, 6) is -0.652. The fraction of sp³-hybridized carbons (Fsp3) is 0.133. The van der Waals surface area contributed by atoms with E-state index in [9.17, 15) is 9.18 Å². The summed E-state index contributed by atoms with van der Waals surface area (Å²) in [5.41, 5.74) is 8.84. The average Bonchev–Trinajstić information content (AvgIpc) is 2.33. The van der Waals surface area contributed by atoms with Crippen molar-refractivity contribution in [3.05, 3.63) is 58.9 Å². The van der Waals surface area contributed by atoms with Crippen molar-refractivity contribution >= 4 is 17.3 Å². The Bertz CT molecular complexity index is 638. The summed E-state index contributed by atoms with van der Waals surface area (Å²) in [6.07, 6.45) is 0. The highest BCUT2D eigenvalue weighted by Gasteiger charge is 2.11. The highest BCUT2D eigenvalue weighted by atomic mass is 19.1. The van der Waals surface area contributed by atoms with Gasteiger partial charge in [-0.3, -0.25) is 4.79 Å². The van der Waals surface area contributed by atoms with E-state index in [2.05, 4.69) is 5.32 Å². The van der Waals surface area contributed by atoms with Crippen LogP contribution in [-0.4, -0.2) is 5.91 Å². The molecule has 0 aliphatic heterocycles. The molecule has 0 bridgehead atoms. The maximum absolute atomic E-state index is 13.2. The number of aryl methyl sites for hydroxylation is 2. The van der Waals surface area contributed by atoms with E-state index in [0.717, 1.165) is 11.1 Å². The predicted molar refractivity (Wildman–Crippen MR) is 74.7 cm³/mol. The summed E-state index contributed by atoms with van der Waals surface area (Å²) in [6, 6.07) is 9.35. The number of hydrogen-bond donors (Lipinski definition) is 2. The first-order valence-electron chi connectivity index (χ1n) is 5.91. The van der Waals surface area contributed by atoms with Gasteiger partial charge in [-0.2, -0.15) is 0 Å². The summed E-state index contributed by atoms with van der Waals surface area (Å²) in [7, 11) is 0. The third kappa shape index (κ3) is 2.91. The second-order valence-electron chi connectivity index (χ2n) is 4.49. The Morgan fingerprint density at radius 3 is 2.53 bits per heavy atom. The van der Waals surface area contributed by atoms with E-state index >= 15 is 0 Å². The Morgan fingerprint density at radius 1 is 1.11 bits per heavy atom. The first kappa shape index (κ1) is 13.1. The molecular formula is C15H15FN2O. The Kier molecular flexibility index (Phi) is 3.51. The van der Waals surface area contributed by atoms with Gasteiger partial charge in [0.25, 0.3) is 5.91 Å². The highest BCUT2D eigenvalue weighted by molar-refractivity contribution is 6.05. The first-order chi connectivity index (χ1) is 8.97. The summed E-state index contributed by atoms with van der Waals surface area (Å²) in [6.45, 7) is 3.62. The standard InChI is InChI=1S/C15H15FN2O/c1-9-3-4-11(16)8-14(9)18-15(19)13-6-5-12(17)7-10(13)2/h3-8H,17H2,1-2H3,(H,18,19). The molecule has 2 aromatic carbocycles. The number of rotatable bonds is 2. The number of benzene rings is 2. The number of halogens is 1. The molecule has 0 saturated heterocycles. The van der Waals surface area contributed by atoms with Crippen molar-refractivity contribution in [1.29, 1.82) is 0 Å². The van der Waals surface area contributed by atoms with Crippen LogP contribution in [0.3, 0.4) is 0 Å². The maximum Gasteiger partial charge on any atom is 0.255 e. The molecule has 0 fully saturated rings. The highest BCUT2D eigenvalue weighted by Crippen LogP contribution is 2.19. The van der Waals surface area contributed by atoms with E-state index in [0.29, 0.717) is 16.9 Å². The van der Waals surface area contributed by atoms with E-state index in [1.54, 1.807) is 24.3 Å². The van der Waals surface area contributed by atoms with Crippen LogP contribution >= 0.6 is 0 Å². The van der Waals surface area contributed by atoms with E-state index in [-0.39, 0.29) is 11.7 Å². The minimum absolute atomic E-state index is 0.272.